The van der Waals surface area contributed by atoms with Crippen LogP contribution in [-0.4, -0.2) is 0 Å². The van der Waals surface area contributed by atoms with Gasteiger partial charge in [0, 0.05) is 7.93 Å². The van der Waals surface area contributed by atoms with Crippen molar-refractivity contribution >= 4 is 24.5 Å². The van der Waals surface area contributed by atoms with Crippen LogP contribution in [0.1, 0.15) is 26.3 Å². The summed E-state index contributed by atoms with van der Waals surface area (Å²) in [4.78, 5) is 0. The van der Waals surface area contributed by atoms with E-state index in [2.05, 4.69) is 39.0 Å². The van der Waals surface area contributed by atoms with Gasteiger partial charge in [-0.05, 0) is 16.3 Å². The molecule has 0 aromatic heterocycles. The minimum atomic E-state index is 0.207. The van der Waals surface area contributed by atoms with Crippen molar-refractivity contribution in [2.24, 2.45) is 0 Å². The van der Waals surface area contributed by atoms with Gasteiger partial charge in [-0.3, -0.25) is 0 Å². The zero-order valence-corrected chi connectivity index (χ0v) is 9.44. The lowest BCUT2D eigenvalue weighted by Gasteiger charge is -2.21. The zero-order valence-electron chi connectivity index (χ0n) is 7.69. The van der Waals surface area contributed by atoms with Crippen LogP contribution in [0.2, 0.25) is 0 Å². The minimum Gasteiger partial charge on any atom is -0.0948 e. The molecule has 1 unspecified atom stereocenters. The van der Waals surface area contributed by atoms with Crippen LogP contribution < -0.4 is 5.30 Å². The summed E-state index contributed by atoms with van der Waals surface area (Å²) in [6.07, 6.45) is 0. The van der Waals surface area contributed by atoms with Gasteiger partial charge in [0.2, 0.25) is 0 Å². The van der Waals surface area contributed by atoms with E-state index in [1.807, 2.05) is 6.07 Å². The molecule has 0 radical (unpaired) electrons. The molecule has 12 heavy (non-hydrogen) atoms. The van der Waals surface area contributed by atoms with Gasteiger partial charge in [0.1, 0.15) is 0 Å². The fraction of sp³-hybridized carbons (Fsp3) is 0.400. The summed E-state index contributed by atoms with van der Waals surface area (Å²) in [5.41, 5.74) is 1.57. The van der Waals surface area contributed by atoms with Crippen LogP contribution in [0.4, 0.5) is 0 Å². The van der Waals surface area contributed by atoms with E-state index >= 15 is 0 Å². The maximum absolute atomic E-state index is 5.87. The fourth-order valence-corrected chi connectivity index (χ4v) is 2.43. The monoisotopic (exact) mass is 200 g/mol. The van der Waals surface area contributed by atoms with E-state index in [-0.39, 0.29) is 5.41 Å². The summed E-state index contributed by atoms with van der Waals surface area (Å²) >= 11 is 5.87. The summed E-state index contributed by atoms with van der Waals surface area (Å²) in [5, 5.41) is 1.27. The quantitative estimate of drug-likeness (QED) is 0.610. The Kier molecular flexibility index (Phi) is 3.15. The van der Waals surface area contributed by atoms with Crippen molar-refractivity contribution in [2.75, 3.05) is 0 Å². The smallest absolute Gasteiger partial charge is 0.00690 e. The Morgan fingerprint density at radius 1 is 1.17 bits per heavy atom. The number of hydrogen-bond acceptors (Lipinski definition) is 0. The molecule has 0 saturated heterocycles. The minimum absolute atomic E-state index is 0.207. The Morgan fingerprint density at radius 3 is 2.17 bits per heavy atom. The van der Waals surface area contributed by atoms with E-state index in [4.69, 9.17) is 11.2 Å². The van der Waals surface area contributed by atoms with E-state index in [0.29, 0.717) is 7.93 Å². The van der Waals surface area contributed by atoms with Crippen molar-refractivity contribution in [1.29, 1.82) is 0 Å². The molecular weight excluding hydrogens is 187 g/mol. The topological polar surface area (TPSA) is 0 Å². The number of halogens is 1. The molecule has 66 valence electrons. The van der Waals surface area contributed by atoms with Crippen molar-refractivity contribution in [3.8, 4) is 0 Å². The van der Waals surface area contributed by atoms with E-state index in [1.165, 1.54) is 10.9 Å². The SMILES string of the molecule is CC(C)(C)c1ccccc1PCl. The van der Waals surface area contributed by atoms with Crippen molar-refractivity contribution in [2.45, 2.75) is 26.2 Å². The van der Waals surface area contributed by atoms with E-state index in [0.717, 1.165) is 0 Å². The molecule has 2 heteroatoms. The van der Waals surface area contributed by atoms with Gasteiger partial charge in [0.05, 0.1) is 0 Å². The van der Waals surface area contributed by atoms with Crippen LogP contribution in [0.5, 0.6) is 0 Å². The molecule has 0 amide bonds. The molecule has 0 fully saturated rings. The molecule has 0 aliphatic rings. The Balaban J connectivity index is 3.14. The molecule has 0 N–H and O–H groups in total. The molecule has 1 aromatic carbocycles. The average Bonchev–Trinajstić information content (AvgIpc) is 2.03. The van der Waals surface area contributed by atoms with Gasteiger partial charge in [0.25, 0.3) is 0 Å². The lowest BCUT2D eigenvalue weighted by Crippen LogP contribution is -2.18. The molecule has 0 saturated carbocycles. The second-order valence-electron chi connectivity index (χ2n) is 3.89. The maximum Gasteiger partial charge on any atom is 0.00690 e. The van der Waals surface area contributed by atoms with Crippen LogP contribution >= 0.6 is 19.2 Å². The van der Waals surface area contributed by atoms with Crippen molar-refractivity contribution in [3.05, 3.63) is 29.8 Å². The predicted octanol–water partition coefficient (Wildman–Crippen LogP) is 3.44. The van der Waals surface area contributed by atoms with Crippen molar-refractivity contribution < 1.29 is 0 Å². The second kappa shape index (κ2) is 3.77. The van der Waals surface area contributed by atoms with E-state index in [9.17, 15) is 0 Å². The Labute approximate surface area is 80.9 Å². The first kappa shape index (κ1) is 10.0. The van der Waals surface area contributed by atoms with Gasteiger partial charge in [0.15, 0.2) is 0 Å². The first-order valence-corrected chi connectivity index (χ1v) is 6.03. The van der Waals surface area contributed by atoms with Crippen LogP contribution in [0.25, 0.3) is 0 Å². The largest absolute Gasteiger partial charge is 0.0948 e. The van der Waals surface area contributed by atoms with Gasteiger partial charge in [-0.15, -0.1) is 0 Å². The summed E-state index contributed by atoms with van der Waals surface area (Å²) < 4.78 is 0. The maximum atomic E-state index is 5.87. The normalized spacial score (nSPS) is 12.7. The highest BCUT2D eigenvalue weighted by Gasteiger charge is 2.16. The highest BCUT2D eigenvalue weighted by molar-refractivity contribution is 7.75. The first-order chi connectivity index (χ1) is 5.55. The third kappa shape index (κ3) is 2.21. The lowest BCUT2D eigenvalue weighted by molar-refractivity contribution is 0.594. The molecule has 1 aromatic rings. The van der Waals surface area contributed by atoms with Gasteiger partial charge in [-0.2, -0.15) is 0 Å². The highest BCUT2D eigenvalue weighted by Crippen LogP contribution is 2.26. The lowest BCUT2D eigenvalue weighted by atomic mass is 9.87. The van der Waals surface area contributed by atoms with Gasteiger partial charge in [-0.1, -0.05) is 56.3 Å². The first-order valence-electron chi connectivity index (χ1n) is 4.02. The van der Waals surface area contributed by atoms with Crippen LogP contribution in [0.15, 0.2) is 24.3 Å². The number of benzene rings is 1. The molecule has 0 aliphatic heterocycles. The summed E-state index contributed by atoms with van der Waals surface area (Å²) in [5.74, 6) is 0. The molecule has 0 aliphatic carbocycles. The summed E-state index contributed by atoms with van der Waals surface area (Å²) in [6, 6.07) is 8.37. The van der Waals surface area contributed by atoms with E-state index in [1.54, 1.807) is 0 Å². The summed E-state index contributed by atoms with van der Waals surface area (Å²) in [6.45, 7) is 6.63. The molecular formula is C10H14ClP. The molecule has 0 spiro atoms. The van der Waals surface area contributed by atoms with Crippen LogP contribution in [0.3, 0.4) is 0 Å². The third-order valence-corrected chi connectivity index (χ3v) is 3.09. The van der Waals surface area contributed by atoms with Crippen LogP contribution in [0, 0.1) is 0 Å². The molecule has 0 nitrogen and oxygen atoms in total. The number of rotatable bonds is 1. The highest BCUT2D eigenvalue weighted by atomic mass is 35.7. The average molecular weight is 201 g/mol. The van der Waals surface area contributed by atoms with Crippen molar-refractivity contribution in [1.82, 2.24) is 0 Å². The second-order valence-corrected chi connectivity index (χ2v) is 5.18. The molecule has 1 atom stereocenters. The van der Waals surface area contributed by atoms with Gasteiger partial charge >= 0.3 is 0 Å². The Bertz CT molecular complexity index is 263. The van der Waals surface area contributed by atoms with Crippen LogP contribution in [-0.2, 0) is 5.41 Å². The zero-order chi connectivity index (χ0) is 9.19. The number of hydrogen-bond donors (Lipinski definition) is 0. The van der Waals surface area contributed by atoms with E-state index < -0.39 is 0 Å². The molecule has 1 rings (SSSR count). The third-order valence-electron chi connectivity index (χ3n) is 1.84. The fourth-order valence-electron chi connectivity index (χ4n) is 1.22. The van der Waals surface area contributed by atoms with Gasteiger partial charge in [-0.25, -0.2) is 0 Å². The van der Waals surface area contributed by atoms with Crippen molar-refractivity contribution in [3.63, 3.8) is 0 Å². The molecule has 0 bridgehead atoms. The predicted molar refractivity (Wildman–Crippen MR) is 58.9 cm³/mol. The Morgan fingerprint density at radius 2 is 1.75 bits per heavy atom. The molecule has 0 heterocycles. The Hall–Kier alpha value is -0.0600. The standard InChI is InChI=1S/C10H14ClP/c1-10(2,3)8-6-4-5-7-9(8)12-11/h4-7,12H,1-3H3. The summed E-state index contributed by atoms with van der Waals surface area (Å²) in [7, 11) is 0.375. The van der Waals surface area contributed by atoms with Gasteiger partial charge < -0.3 is 0 Å².